The lowest BCUT2D eigenvalue weighted by molar-refractivity contribution is 0.384. The second-order valence-corrected chi connectivity index (χ2v) is 7.58. The number of rotatable bonds is 7. The Balaban J connectivity index is 0.00000114. The van der Waals surface area contributed by atoms with Crippen LogP contribution in [0.2, 0.25) is 0 Å². The highest BCUT2D eigenvalue weighted by Crippen LogP contribution is 2.56. The van der Waals surface area contributed by atoms with Crippen LogP contribution in [0.15, 0.2) is 101 Å². The van der Waals surface area contributed by atoms with Crippen LogP contribution in [0.4, 0.5) is 0 Å². The smallest absolute Gasteiger partial charge is 0.222 e. The van der Waals surface area contributed by atoms with Gasteiger partial charge >= 0.3 is 0 Å². The minimum Gasteiger partial charge on any atom is -0.222 e. The van der Waals surface area contributed by atoms with Crippen LogP contribution in [0.1, 0.15) is 22.6 Å². The van der Waals surface area contributed by atoms with Crippen LogP contribution < -0.4 is 0 Å². The molecule has 3 aromatic carbocycles. The number of aliphatic imine (C=N–C) groups is 2. The number of hydrogen-bond acceptors (Lipinski definition) is 6. The molecule has 3 aromatic rings. The molecule has 0 saturated heterocycles. The van der Waals surface area contributed by atoms with Gasteiger partial charge in [0.05, 0.1) is 5.92 Å². The van der Waals surface area contributed by atoms with Crippen molar-refractivity contribution in [2.24, 2.45) is 9.98 Å². The van der Waals surface area contributed by atoms with Crippen LogP contribution >= 0.6 is 23.2 Å². The molecule has 0 aliphatic heterocycles. The third-order valence-electron chi connectivity index (χ3n) is 4.67. The molecule has 3 rings (SSSR count). The summed E-state index contributed by atoms with van der Waals surface area (Å²) in [5.74, 6) is -0.938. The van der Waals surface area contributed by atoms with Gasteiger partial charge in [-0.2, -0.15) is 9.98 Å². The zero-order chi connectivity index (χ0) is 23.5. The van der Waals surface area contributed by atoms with Gasteiger partial charge in [0.1, 0.15) is 0 Å². The second kappa shape index (κ2) is 11.7. The largest absolute Gasteiger partial charge is 0.237 e. The van der Waals surface area contributed by atoms with E-state index in [9.17, 15) is 9.59 Å². The molecule has 2 unspecified atom stereocenters. The molecular weight excluding hydrogens is 449 g/mol. The summed E-state index contributed by atoms with van der Waals surface area (Å²) in [6, 6.07) is 26.7. The van der Waals surface area contributed by atoms with E-state index < -0.39 is 15.9 Å². The molecule has 1 N–H and O–H groups in total. The number of nitrogens with zero attached hydrogens (tertiary/aromatic N) is 2. The molecule has 32 heavy (non-hydrogen) atoms. The van der Waals surface area contributed by atoms with E-state index in [2.05, 4.69) is 9.98 Å². The van der Waals surface area contributed by atoms with Crippen molar-refractivity contribution in [3.05, 3.63) is 108 Å². The Morgan fingerprint density at radius 3 is 1.28 bits per heavy atom. The Kier molecular flexibility index (Phi) is 9.00. The van der Waals surface area contributed by atoms with Gasteiger partial charge in [0.15, 0.2) is 10.00 Å². The molecule has 0 aromatic heterocycles. The maximum Gasteiger partial charge on any atom is 0.237 e. The molecule has 0 heterocycles. The summed E-state index contributed by atoms with van der Waals surface area (Å²) in [6.07, 6.45) is 3.88. The summed E-state index contributed by atoms with van der Waals surface area (Å²) in [6.45, 7) is 0. The molecule has 160 valence electrons. The highest BCUT2D eigenvalue weighted by atomic mass is 35.5. The van der Waals surface area contributed by atoms with Gasteiger partial charge in [-0.25, -0.2) is 19.8 Å². The van der Waals surface area contributed by atoms with Crippen LogP contribution in [0, 0.1) is 5.41 Å². The van der Waals surface area contributed by atoms with Gasteiger partial charge in [-0.15, -0.1) is 0 Å². The van der Waals surface area contributed by atoms with Gasteiger partial charge in [-0.05, 0) is 16.7 Å². The number of isocyanates is 3. The summed E-state index contributed by atoms with van der Waals surface area (Å²) in [5, 5.41) is 5.40. The Labute approximate surface area is 194 Å². The molecular formula is C24H17Cl2N3O3. The Morgan fingerprint density at radius 2 is 0.969 bits per heavy atom. The van der Waals surface area contributed by atoms with E-state index >= 15 is 0 Å². The highest BCUT2D eigenvalue weighted by molar-refractivity contribution is 6.28. The number of halogens is 2. The van der Waals surface area contributed by atoms with Gasteiger partial charge in [0.25, 0.3) is 0 Å². The first-order chi connectivity index (χ1) is 15.5. The van der Waals surface area contributed by atoms with Crippen LogP contribution in [0.3, 0.4) is 0 Å². The number of hydrogen-bond donors (Lipinski definition) is 1. The van der Waals surface area contributed by atoms with Gasteiger partial charge in [-0.3, -0.25) is 0 Å². The van der Waals surface area contributed by atoms with Gasteiger partial charge in [-0.1, -0.05) is 114 Å². The van der Waals surface area contributed by atoms with Gasteiger partial charge in [0, 0.05) is 0 Å². The van der Waals surface area contributed by atoms with Crippen molar-refractivity contribution in [2.45, 2.75) is 15.9 Å². The SMILES string of the molecule is N=C=O.O=C=NC(Cl)(c1ccccc1)C(c1ccccc1)C(Cl)(N=C=O)c1ccccc1. The predicted molar refractivity (Wildman–Crippen MR) is 122 cm³/mol. The molecule has 6 nitrogen and oxygen atoms in total. The van der Waals surface area contributed by atoms with E-state index in [1.807, 2.05) is 30.3 Å². The standard InChI is InChI=1S/C23H16Cl2N2O2.CHNO/c24-22(26-16-28,19-12-6-2-7-13-19)21(18-10-4-1-5-11-18)23(25,27-17-29)20-14-8-3-9-15-20;2-1-3/h1-15,21H;2H. The first kappa shape index (κ1) is 24.6. The van der Waals surface area contributed by atoms with Crippen LogP contribution in [0.5, 0.6) is 0 Å². The van der Waals surface area contributed by atoms with Crippen molar-refractivity contribution in [1.29, 1.82) is 5.41 Å². The lowest BCUT2D eigenvalue weighted by Crippen LogP contribution is -2.38. The summed E-state index contributed by atoms with van der Waals surface area (Å²) in [4.78, 5) is 35.8. The maximum atomic E-state index is 11.4. The molecule has 0 radical (unpaired) electrons. The minimum absolute atomic E-state index is 0.515. The third kappa shape index (κ3) is 5.35. The molecule has 0 aliphatic carbocycles. The molecule has 0 saturated carbocycles. The zero-order valence-electron chi connectivity index (χ0n) is 16.6. The Morgan fingerprint density at radius 1 is 0.656 bits per heavy atom. The van der Waals surface area contributed by atoms with E-state index in [1.54, 1.807) is 72.8 Å². The summed E-state index contributed by atoms with van der Waals surface area (Å²) >= 11 is 14.1. The Hall–Kier alpha value is -3.62. The van der Waals surface area contributed by atoms with Crippen molar-refractivity contribution in [3.63, 3.8) is 0 Å². The number of carbonyl (C=O) groups excluding carboxylic acids is 3. The topological polar surface area (TPSA) is 99.8 Å². The zero-order valence-corrected chi connectivity index (χ0v) is 18.1. The summed E-state index contributed by atoms with van der Waals surface area (Å²) in [5.41, 5.74) is 1.67. The number of nitrogens with one attached hydrogen (secondary N) is 1. The molecule has 0 bridgehead atoms. The van der Waals surface area contributed by atoms with Crippen LogP contribution in [-0.4, -0.2) is 18.2 Å². The average Bonchev–Trinajstić information content (AvgIpc) is 2.82. The van der Waals surface area contributed by atoms with Crippen molar-refractivity contribution < 1.29 is 14.4 Å². The first-order valence-electron chi connectivity index (χ1n) is 9.23. The molecule has 0 amide bonds. The predicted octanol–water partition coefficient (Wildman–Crippen LogP) is 5.53. The summed E-state index contributed by atoms with van der Waals surface area (Å²) in [7, 11) is 0. The third-order valence-corrected chi connectivity index (χ3v) is 5.71. The normalized spacial score (nSPS) is 14.4. The summed E-state index contributed by atoms with van der Waals surface area (Å²) < 4.78 is 0. The van der Waals surface area contributed by atoms with Crippen molar-refractivity contribution in [2.75, 3.05) is 0 Å². The van der Waals surface area contributed by atoms with Gasteiger partial charge < -0.3 is 0 Å². The van der Waals surface area contributed by atoms with Gasteiger partial charge in [0.2, 0.25) is 18.2 Å². The fourth-order valence-electron chi connectivity index (χ4n) is 3.41. The highest BCUT2D eigenvalue weighted by Gasteiger charge is 2.53. The van der Waals surface area contributed by atoms with Crippen LogP contribution in [0.25, 0.3) is 0 Å². The molecule has 0 aliphatic rings. The average molecular weight is 466 g/mol. The van der Waals surface area contributed by atoms with E-state index in [4.69, 9.17) is 33.4 Å². The number of benzene rings is 3. The lowest BCUT2D eigenvalue weighted by Gasteiger charge is -2.40. The van der Waals surface area contributed by atoms with E-state index in [0.29, 0.717) is 16.7 Å². The first-order valence-corrected chi connectivity index (χ1v) is 9.99. The fourth-order valence-corrected chi connectivity index (χ4v) is 4.35. The second-order valence-electron chi connectivity index (χ2n) is 6.43. The molecule has 0 spiro atoms. The molecule has 2 atom stereocenters. The molecule has 8 heteroatoms. The minimum atomic E-state index is -1.68. The van der Waals surface area contributed by atoms with Crippen LogP contribution in [-0.2, 0) is 24.4 Å². The van der Waals surface area contributed by atoms with E-state index in [0.717, 1.165) is 6.08 Å². The quantitative estimate of drug-likeness (QED) is 0.215. The van der Waals surface area contributed by atoms with E-state index in [1.165, 1.54) is 0 Å². The number of alkyl halides is 2. The van der Waals surface area contributed by atoms with Crippen molar-refractivity contribution in [1.82, 2.24) is 0 Å². The maximum absolute atomic E-state index is 11.4. The van der Waals surface area contributed by atoms with E-state index in [-0.39, 0.29) is 0 Å². The fraction of sp³-hybridized carbons (Fsp3) is 0.125. The van der Waals surface area contributed by atoms with Crippen molar-refractivity contribution >= 4 is 41.4 Å². The molecule has 0 fully saturated rings. The van der Waals surface area contributed by atoms with Crippen molar-refractivity contribution in [3.8, 4) is 0 Å². The lowest BCUT2D eigenvalue weighted by atomic mass is 9.78. The Bertz CT molecular complexity index is 1080. The monoisotopic (exact) mass is 465 g/mol.